The number of rotatable bonds is 6. The molecule has 0 saturated heterocycles. The van der Waals surface area contributed by atoms with E-state index in [1.807, 2.05) is 34.6 Å². The Kier molecular flexibility index (Phi) is 6.68. The van der Waals surface area contributed by atoms with E-state index in [1.165, 1.54) is 11.5 Å². The fourth-order valence-electron chi connectivity index (χ4n) is 2.39. The lowest BCUT2D eigenvalue weighted by Crippen LogP contribution is -2.30. The molecule has 3 amide bonds. The molecule has 7 nitrogen and oxygen atoms in total. The second-order valence-electron chi connectivity index (χ2n) is 6.70. The molecular formula is C18H25N5O2S. The summed E-state index contributed by atoms with van der Waals surface area (Å²) in [5.74, 6) is 0.137. The van der Waals surface area contributed by atoms with Gasteiger partial charge in [0.2, 0.25) is 0 Å². The maximum atomic E-state index is 12.2. The summed E-state index contributed by atoms with van der Waals surface area (Å²) in [5, 5.41) is 12.6. The number of hydrogen-bond donors (Lipinski definition) is 3. The number of amides is 3. The van der Waals surface area contributed by atoms with Gasteiger partial charge in [-0.1, -0.05) is 18.3 Å². The molecule has 0 aliphatic rings. The zero-order valence-corrected chi connectivity index (χ0v) is 16.5. The van der Waals surface area contributed by atoms with Crippen LogP contribution in [0.2, 0.25) is 0 Å². The molecule has 3 N–H and O–H groups in total. The summed E-state index contributed by atoms with van der Waals surface area (Å²) in [6.45, 7) is 10.1. The van der Waals surface area contributed by atoms with Gasteiger partial charge in [-0.2, -0.15) is 0 Å². The number of aromatic nitrogens is 2. The molecule has 0 aliphatic heterocycles. The van der Waals surface area contributed by atoms with Gasteiger partial charge in [0.05, 0.1) is 17.1 Å². The maximum absolute atomic E-state index is 12.2. The van der Waals surface area contributed by atoms with E-state index in [1.54, 1.807) is 18.2 Å². The van der Waals surface area contributed by atoms with Gasteiger partial charge in [0.15, 0.2) is 0 Å². The first-order valence-corrected chi connectivity index (χ1v) is 9.32. The number of nitrogens with one attached hydrogen (secondary N) is 3. The summed E-state index contributed by atoms with van der Waals surface area (Å²) in [7, 11) is 0. The second-order valence-corrected chi connectivity index (χ2v) is 7.54. The summed E-state index contributed by atoms with van der Waals surface area (Å²) in [6.07, 6.45) is 0. The largest absolute Gasteiger partial charge is 0.350 e. The molecule has 0 spiro atoms. The van der Waals surface area contributed by atoms with Crippen LogP contribution in [0.3, 0.4) is 0 Å². The average Bonchev–Trinajstić information content (AvgIpc) is 3.03. The maximum Gasteiger partial charge on any atom is 0.319 e. The van der Waals surface area contributed by atoms with Gasteiger partial charge >= 0.3 is 6.03 Å². The lowest BCUT2D eigenvalue weighted by molar-refractivity contribution is 0.0943. The van der Waals surface area contributed by atoms with Gasteiger partial charge in [-0.15, -0.1) is 5.10 Å². The molecule has 0 unspecified atom stereocenters. The van der Waals surface area contributed by atoms with E-state index in [4.69, 9.17) is 0 Å². The minimum Gasteiger partial charge on any atom is -0.350 e. The van der Waals surface area contributed by atoms with Crippen LogP contribution in [-0.4, -0.2) is 27.6 Å². The number of carbonyl (C=O) groups is 2. The molecule has 1 aromatic heterocycles. The molecule has 1 heterocycles. The van der Waals surface area contributed by atoms with Gasteiger partial charge < -0.3 is 16.0 Å². The highest BCUT2D eigenvalue weighted by molar-refractivity contribution is 7.05. The third kappa shape index (κ3) is 5.26. The van der Waals surface area contributed by atoms with Gasteiger partial charge in [0, 0.05) is 17.3 Å². The number of carbonyl (C=O) groups excluding carboxylic acids is 2. The second kappa shape index (κ2) is 8.75. The summed E-state index contributed by atoms with van der Waals surface area (Å²) in [4.78, 5) is 25.2. The van der Waals surface area contributed by atoms with Crippen molar-refractivity contribution in [2.45, 2.75) is 53.1 Å². The van der Waals surface area contributed by atoms with Crippen molar-refractivity contribution in [3.05, 3.63) is 39.9 Å². The van der Waals surface area contributed by atoms with Crippen LogP contribution in [0, 0.1) is 6.92 Å². The Hall–Kier alpha value is -2.48. The van der Waals surface area contributed by atoms with Crippen LogP contribution < -0.4 is 16.0 Å². The van der Waals surface area contributed by atoms with E-state index in [0.29, 0.717) is 17.8 Å². The van der Waals surface area contributed by atoms with Crippen molar-refractivity contribution in [1.82, 2.24) is 20.2 Å². The number of urea groups is 1. The summed E-state index contributed by atoms with van der Waals surface area (Å²) in [6, 6.07) is 4.96. The Bertz CT molecular complexity index is 786. The van der Waals surface area contributed by atoms with Crippen LogP contribution in [-0.2, 0) is 6.54 Å². The normalized spacial score (nSPS) is 10.9. The zero-order chi connectivity index (χ0) is 19.3. The number of aryl methyl sites for hydroxylation is 1. The third-order valence-electron chi connectivity index (χ3n) is 3.70. The van der Waals surface area contributed by atoms with Crippen molar-refractivity contribution in [2.75, 3.05) is 5.32 Å². The predicted octanol–water partition coefficient (Wildman–Crippen LogP) is 3.43. The molecule has 0 bridgehead atoms. The third-order valence-corrected chi connectivity index (χ3v) is 4.44. The van der Waals surface area contributed by atoms with Gasteiger partial charge in [-0.05, 0) is 62.0 Å². The first kappa shape index (κ1) is 19.8. The van der Waals surface area contributed by atoms with Crippen molar-refractivity contribution in [3.63, 3.8) is 0 Å². The van der Waals surface area contributed by atoms with Crippen molar-refractivity contribution in [2.24, 2.45) is 0 Å². The molecule has 8 heteroatoms. The summed E-state index contributed by atoms with van der Waals surface area (Å²) >= 11 is 1.29. The Labute approximate surface area is 157 Å². The molecule has 0 aliphatic carbocycles. The Morgan fingerprint density at radius 2 is 1.92 bits per heavy atom. The first-order chi connectivity index (χ1) is 12.3. The van der Waals surface area contributed by atoms with Gasteiger partial charge in [0.25, 0.3) is 5.91 Å². The van der Waals surface area contributed by atoms with Crippen LogP contribution in [0.4, 0.5) is 10.5 Å². The van der Waals surface area contributed by atoms with Crippen LogP contribution in [0.25, 0.3) is 0 Å². The van der Waals surface area contributed by atoms with Gasteiger partial charge in [0.1, 0.15) is 0 Å². The minimum atomic E-state index is -0.310. The molecule has 0 saturated carbocycles. The monoisotopic (exact) mass is 375 g/mol. The molecule has 0 radical (unpaired) electrons. The van der Waals surface area contributed by atoms with E-state index in [-0.39, 0.29) is 23.9 Å². The molecule has 140 valence electrons. The lowest BCUT2D eigenvalue weighted by Gasteiger charge is -2.12. The van der Waals surface area contributed by atoms with Crippen LogP contribution in [0.1, 0.15) is 60.1 Å². The zero-order valence-electron chi connectivity index (χ0n) is 15.7. The Morgan fingerprint density at radius 1 is 1.19 bits per heavy atom. The topological polar surface area (TPSA) is 96.0 Å². The predicted molar refractivity (Wildman–Crippen MR) is 104 cm³/mol. The average molecular weight is 375 g/mol. The molecular weight excluding hydrogens is 350 g/mol. The van der Waals surface area contributed by atoms with E-state index in [9.17, 15) is 9.59 Å². The lowest BCUT2D eigenvalue weighted by atomic mass is 10.1. The molecule has 2 aromatic rings. The van der Waals surface area contributed by atoms with Crippen molar-refractivity contribution in [1.29, 1.82) is 0 Å². The molecule has 0 fully saturated rings. The molecule has 26 heavy (non-hydrogen) atoms. The Balaban J connectivity index is 1.96. The number of nitrogens with zero attached hydrogens (tertiary/aromatic N) is 2. The van der Waals surface area contributed by atoms with Crippen LogP contribution >= 0.6 is 11.5 Å². The molecule has 2 rings (SSSR count). The van der Waals surface area contributed by atoms with E-state index >= 15 is 0 Å². The van der Waals surface area contributed by atoms with Crippen LogP contribution in [0.5, 0.6) is 0 Å². The van der Waals surface area contributed by atoms with Crippen molar-refractivity contribution < 1.29 is 9.59 Å². The highest BCUT2D eigenvalue weighted by Crippen LogP contribution is 2.20. The highest BCUT2D eigenvalue weighted by Gasteiger charge is 2.14. The van der Waals surface area contributed by atoms with Crippen LogP contribution in [0.15, 0.2) is 18.2 Å². The van der Waals surface area contributed by atoms with Crippen molar-refractivity contribution in [3.8, 4) is 0 Å². The smallest absolute Gasteiger partial charge is 0.319 e. The standard InChI is InChI=1S/C18H25N5O2S/c1-10(2)16-15(26-23-22-16)9-19-18(25)21-14-7-6-13(8-12(14)5)17(24)20-11(3)4/h6-8,10-11H,9H2,1-5H3,(H,20,24)(H2,19,21,25). The number of anilines is 1. The fraction of sp³-hybridized carbons (Fsp3) is 0.444. The minimum absolute atomic E-state index is 0.0725. The number of benzene rings is 1. The van der Waals surface area contributed by atoms with Gasteiger partial charge in [-0.25, -0.2) is 4.79 Å². The highest BCUT2D eigenvalue weighted by atomic mass is 32.1. The summed E-state index contributed by atoms with van der Waals surface area (Å²) < 4.78 is 3.95. The molecule has 1 aromatic carbocycles. The van der Waals surface area contributed by atoms with E-state index < -0.39 is 0 Å². The van der Waals surface area contributed by atoms with Gasteiger partial charge in [-0.3, -0.25) is 4.79 Å². The summed E-state index contributed by atoms with van der Waals surface area (Å²) in [5.41, 5.74) is 2.96. The van der Waals surface area contributed by atoms with E-state index in [0.717, 1.165) is 16.1 Å². The number of hydrogen-bond acceptors (Lipinski definition) is 5. The molecule has 0 atom stereocenters. The quantitative estimate of drug-likeness (QED) is 0.721. The fourth-order valence-corrected chi connectivity index (χ4v) is 3.13. The van der Waals surface area contributed by atoms with Crippen molar-refractivity contribution >= 4 is 29.2 Å². The first-order valence-electron chi connectivity index (χ1n) is 8.55. The SMILES string of the molecule is Cc1cc(C(=O)NC(C)C)ccc1NC(=O)NCc1snnc1C(C)C. The Morgan fingerprint density at radius 3 is 2.54 bits per heavy atom. The van der Waals surface area contributed by atoms with E-state index in [2.05, 4.69) is 25.5 Å².